The van der Waals surface area contributed by atoms with Gasteiger partial charge in [-0.2, -0.15) is 0 Å². The zero-order valence-electron chi connectivity index (χ0n) is 11.3. The Bertz CT molecular complexity index is 544. The highest BCUT2D eigenvalue weighted by Crippen LogP contribution is 2.20. The Hall–Kier alpha value is -1.46. The Labute approximate surface area is 122 Å². The minimum absolute atomic E-state index is 0.275. The molecule has 1 aliphatic heterocycles. The summed E-state index contributed by atoms with van der Waals surface area (Å²) in [7, 11) is 0. The van der Waals surface area contributed by atoms with E-state index in [2.05, 4.69) is 32.7 Å². The number of rotatable bonds is 4. The van der Waals surface area contributed by atoms with Crippen molar-refractivity contribution in [3.8, 4) is 0 Å². The van der Waals surface area contributed by atoms with E-state index in [0.29, 0.717) is 11.7 Å². The minimum Gasteiger partial charge on any atom is -0.379 e. The van der Waals surface area contributed by atoms with E-state index >= 15 is 0 Å². The summed E-state index contributed by atoms with van der Waals surface area (Å²) in [6, 6.07) is 6.27. The van der Waals surface area contributed by atoms with Crippen LogP contribution in [0.25, 0.3) is 0 Å². The number of hydrogen-bond acceptors (Lipinski definition) is 4. The lowest BCUT2D eigenvalue weighted by atomic mass is 10.1. The van der Waals surface area contributed by atoms with Crippen LogP contribution in [0.4, 0.5) is 10.1 Å². The quantitative estimate of drug-likeness (QED) is 0.936. The summed E-state index contributed by atoms with van der Waals surface area (Å²) in [6.07, 6.45) is 5.12. The number of nitrogens with one attached hydrogen (secondary N) is 1. The third-order valence-corrected chi connectivity index (χ3v) is 4.46. The van der Waals surface area contributed by atoms with Crippen molar-refractivity contribution in [3.05, 3.63) is 46.7 Å². The van der Waals surface area contributed by atoms with Crippen molar-refractivity contribution >= 4 is 17.0 Å². The monoisotopic (exact) mass is 291 g/mol. The van der Waals surface area contributed by atoms with Gasteiger partial charge in [0.1, 0.15) is 0 Å². The second kappa shape index (κ2) is 6.33. The van der Waals surface area contributed by atoms with E-state index < -0.39 is 0 Å². The lowest BCUT2D eigenvalue weighted by molar-refractivity contribution is 0.210. The van der Waals surface area contributed by atoms with Crippen molar-refractivity contribution in [1.29, 1.82) is 0 Å². The van der Waals surface area contributed by atoms with Crippen molar-refractivity contribution < 1.29 is 4.39 Å². The maximum Gasteiger partial charge on any atom is 0.164 e. The smallest absolute Gasteiger partial charge is 0.164 e. The number of halogens is 1. The highest BCUT2D eigenvalue weighted by atomic mass is 32.1. The van der Waals surface area contributed by atoms with Gasteiger partial charge < -0.3 is 5.32 Å². The molecule has 0 spiro atoms. The molecule has 3 rings (SSSR count). The maximum absolute atomic E-state index is 13.6. The maximum atomic E-state index is 13.6. The van der Waals surface area contributed by atoms with Crippen LogP contribution in [0.2, 0.25) is 0 Å². The van der Waals surface area contributed by atoms with Crippen LogP contribution in [-0.4, -0.2) is 29.0 Å². The molecular weight excluding hydrogens is 273 g/mol. The van der Waals surface area contributed by atoms with Crippen LogP contribution in [0.1, 0.15) is 17.7 Å². The van der Waals surface area contributed by atoms with E-state index in [1.54, 1.807) is 23.6 Å². The van der Waals surface area contributed by atoms with E-state index in [0.717, 1.165) is 32.5 Å². The summed E-state index contributed by atoms with van der Waals surface area (Å²) in [5.41, 5.74) is 0.558. The predicted octanol–water partition coefficient (Wildman–Crippen LogP) is 3.36. The van der Waals surface area contributed by atoms with Crippen LogP contribution in [0.15, 0.2) is 36.0 Å². The fourth-order valence-electron chi connectivity index (χ4n) is 2.65. The Morgan fingerprint density at radius 3 is 3.20 bits per heavy atom. The van der Waals surface area contributed by atoms with Gasteiger partial charge in [0.05, 0.1) is 11.9 Å². The molecule has 3 nitrogen and oxygen atoms in total. The van der Waals surface area contributed by atoms with E-state index in [1.807, 2.05) is 0 Å². The molecule has 20 heavy (non-hydrogen) atoms. The molecule has 1 fully saturated rings. The zero-order valence-corrected chi connectivity index (χ0v) is 12.1. The van der Waals surface area contributed by atoms with Crippen LogP contribution < -0.4 is 5.32 Å². The minimum atomic E-state index is -0.275. The van der Waals surface area contributed by atoms with Gasteiger partial charge in [-0.1, -0.05) is 6.07 Å². The lowest BCUT2D eigenvalue weighted by Gasteiger charge is -2.33. The Balaban J connectivity index is 1.59. The van der Waals surface area contributed by atoms with E-state index in [9.17, 15) is 4.39 Å². The molecular formula is C15H18FN3S. The topological polar surface area (TPSA) is 28.2 Å². The molecule has 2 aromatic heterocycles. The normalized spacial score (nSPS) is 19.9. The number of aromatic nitrogens is 1. The molecule has 2 aromatic rings. The van der Waals surface area contributed by atoms with Gasteiger partial charge in [0.25, 0.3) is 0 Å². The van der Waals surface area contributed by atoms with Crippen molar-refractivity contribution in [1.82, 2.24) is 9.88 Å². The van der Waals surface area contributed by atoms with Gasteiger partial charge in [-0.15, -0.1) is 11.3 Å². The largest absolute Gasteiger partial charge is 0.379 e. The molecule has 106 valence electrons. The van der Waals surface area contributed by atoms with Gasteiger partial charge in [-0.05, 0) is 36.9 Å². The molecule has 0 aliphatic carbocycles. The second-order valence-electron chi connectivity index (χ2n) is 5.15. The van der Waals surface area contributed by atoms with Gasteiger partial charge in [-0.25, -0.2) is 4.39 Å². The molecule has 1 atom stereocenters. The molecule has 1 unspecified atom stereocenters. The van der Waals surface area contributed by atoms with Gasteiger partial charge in [0, 0.05) is 30.2 Å². The number of hydrogen-bond donors (Lipinski definition) is 1. The summed E-state index contributed by atoms with van der Waals surface area (Å²) < 4.78 is 13.6. The van der Waals surface area contributed by atoms with E-state index in [4.69, 9.17) is 0 Å². The first kappa shape index (κ1) is 13.5. The third kappa shape index (κ3) is 3.35. The fraction of sp³-hybridized carbons (Fsp3) is 0.400. The molecule has 0 bridgehead atoms. The zero-order chi connectivity index (χ0) is 13.8. The third-order valence-electron chi connectivity index (χ3n) is 3.60. The highest BCUT2D eigenvalue weighted by Gasteiger charge is 2.20. The Kier molecular flexibility index (Phi) is 4.28. The Morgan fingerprint density at radius 2 is 2.40 bits per heavy atom. The van der Waals surface area contributed by atoms with Crippen molar-refractivity contribution in [3.63, 3.8) is 0 Å². The summed E-state index contributed by atoms with van der Waals surface area (Å²) in [4.78, 5) is 7.61. The van der Waals surface area contributed by atoms with Gasteiger partial charge in [0.15, 0.2) is 5.82 Å². The van der Waals surface area contributed by atoms with Gasteiger partial charge >= 0.3 is 0 Å². The van der Waals surface area contributed by atoms with Crippen LogP contribution >= 0.6 is 11.3 Å². The molecule has 3 heterocycles. The average Bonchev–Trinajstić information content (AvgIpc) is 2.95. The van der Waals surface area contributed by atoms with Crippen LogP contribution in [0, 0.1) is 5.82 Å². The summed E-state index contributed by atoms with van der Waals surface area (Å²) in [5.74, 6) is -0.275. The summed E-state index contributed by atoms with van der Waals surface area (Å²) in [5, 5.41) is 5.42. The van der Waals surface area contributed by atoms with E-state index in [1.165, 1.54) is 11.1 Å². The first-order valence-electron chi connectivity index (χ1n) is 6.92. The molecule has 1 aliphatic rings. The molecule has 1 N–H and O–H groups in total. The first-order chi connectivity index (χ1) is 9.81. The fourth-order valence-corrected chi connectivity index (χ4v) is 3.40. The van der Waals surface area contributed by atoms with E-state index in [-0.39, 0.29) is 5.82 Å². The second-order valence-corrected chi connectivity index (χ2v) is 6.19. The SMILES string of the molecule is Fc1cnccc1NC1CCCN(Cc2cccs2)C1. The molecule has 0 radical (unpaired) electrons. The van der Waals surface area contributed by atoms with Crippen molar-refractivity contribution in [2.75, 3.05) is 18.4 Å². The molecule has 0 amide bonds. The molecule has 1 saturated heterocycles. The number of piperidine rings is 1. The lowest BCUT2D eigenvalue weighted by Crippen LogP contribution is -2.41. The van der Waals surface area contributed by atoms with Gasteiger partial charge in [0.2, 0.25) is 0 Å². The molecule has 0 saturated carbocycles. The number of pyridine rings is 1. The van der Waals surface area contributed by atoms with Crippen molar-refractivity contribution in [2.45, 2.75) is 25.4 Å². The number of thiophene rings is 1. The van der Waals surface area contributed by atoms with Crippen molar-refractivity contribution in [2.24, 2.45) is 0 Å². The number of nitrogens with zero attached hydrogens (tertiary/aromatic N) is 2. The van der Waals surface area contributed by atoms with Gasteiger partial charge in [-0.3, -0.25) is 9.88 Å². The number of anilines is 1. The average molecular weight is 291 g/mol. The first-order valence-corrected chi connectivity index (χ1v) is 7.80. The predicted molar refractivity (Wildman–Crippen MR) is 80.4 cm³/mol. The Morgan fingerprint density at radius 1 is 1.45 bits per heavy atom. The van der Waals surface area contributed by atoms with Crippen LogP contribution in [-0.2, 0) is 6.54 Å². The molecule has 5 heteroatoms. The number of likely N-dealkylation sites (tertiary alicyclic amines) is 1. The standard InChI is InChI=1S/C15H18FN3S/c16-14-9-17-6-5-15(14)18-12-3-1-7-19(10-12)11-13-4-2-8-20-13/h2,4-6,8-9,12H,1,3,7,10-11H2,(H,17,18). The summed E-state index contributed by atoms with van der Waals surface area (Å²) in [6.45, 7) is 3.07. The van der Waals surface area contributed by atoms with Crippen LogP contribution in [0.5, 0.6) is 0 Å². The van der Waals surface area contributed by atoms with Crippen LogP contribution in [0.3, 0.4) is 0 Å². The molecule has 0 aromatic carbocycles. The summed E-state index contributed by atoms with van der Waals surface area (Å²) >= 11 is 1.79. The highest BCUT2D eigenvalue weighted by molar-refractivity contribution is 7.09.